The first-order valence-electron chi connectivity index (χ1n) is 8.25. The second kappa shape index (κ2) is 13.7. The van der Waals surface area contributed by atoms with Crippen molar-refractivity contribution in [3.05, 3.63) is 25.3 Å². The third-order valence-electron chi connectivity index (χ3n) is 3.01. The van der Waals surface area contributed by atoms with Crippen molar-refractivity contribution in [2.45, 2.75) is 33.2 Å². The van der Waals surface area contributed by atoms with Crippen LogP contribution in [0.2, 0.25) is 6.04 Å². The van der Waals surface area contributed by atoms with Crippen LogP contribution in [0.1, 0.15) is 27.2 Å². The molecule has 0 radical (unpaired) electrons. The maximum Gasteiger partial charge on any atom is 0.500 e. The fourth-order valence-corrected chi connectivity index (χ4v) is 5.03. The van der Waals surface area contributed by atoms with Gasteiger partial charge in [-0.3, -0.25) is 0 Å². The van der Waals surface area contributed by atoms with Gasteiger partial charge in [0.1, 0.15) is 0 Å². The Morgan fingerprint density at radius 2 is 1.52 bits per heavy atom. The summed E-state index contributed by atoms with van der Waals surface area (Å²) in [5, 5.41) is 3.98. The van der Waals surface area contributed by atoms with Crippen molar-refractivity contribution in [3.63, 3.8) is 0 Å². The van der Waals surface area contributed by atoms with Crippen molar-refractivity contribution in [2.75, 3.05) is 39.5 Å². The zero-order valence-electron chi connectivity index (χ0n) is 14.8. The summed E-state index contributed by atoms with van der Waals surface area (Å²) in [6, 6.07) is 0.779. The lowest BCUT2D eigenvalue weighted by atomic mass is 10.4. The Hall–Kier alpha value is -0.733. The Bertz CT molecular complexity index is 329. The van der Waals surface area contributed by atoms with E-state index in [9.17, 15) is 0 Å². The maximum atomic E-state index is 5.84. The Morgan fingerprint density at radius 1 is 1.04 bits per heavy atom. The molecule has 0 rings (SSSR count). The molecule has 23 heavy (non-hydrogen) atoms. The molecule has 0 bridgehead atoms. The third-order valence-corrected chi connectivity index (χ3v) is 6.57. The lowest BCUT2D eigenvalue weighted by Crippen LogP contribution is -2.47. The summed E-state index contributed by atoms with van der Waals surface area (Å²) in [6.07, 6.45) is 4.53. The number of rotatable bonds is 14. The second-order valence-corrected chi connectivity index (χ2v) is 7.92. The van der Waals surface area contributed by atoms with E-state index in [1.165, 1.54) is 0 Å². The zero-order valence-corrected chi connectivity index (χ0v) is 16.6. The highest BCUT2D eigenvalue weighted by molar-refractivity contribution is 7.80. The quantitative estimate of drug-likeness (QED) is 0.222. The highest BCUT2D eigenvalue weighted by atomic mass is 32.1. The number of nitrogens with zero attached hydrogens (tertiary/aromatic N) is 1. The standard InChI is InChI=1S/C16H32N2O3SSi/c1-6-13-18(14-7-2)16(22)17-12-11-15-23(19-8-3,20-9-4)21-10-5/h6-7H,1-2,8-15H2,3-5H3,(H,17,22). The molecule has 0 saturated heterocycles. The van der Waals surface area contributed by atoms with Gasteiger partial charge in [-0.2, -0.15) is 0 Å². The van der Waals surface area contributed by atoms with Crippen LogP contribution in [-0.4, -0.2) is 58.3 Å². The van der Waals surface area contributed by atoms with E-state index in [4.69, 9.17) is 25.5 Å². The second-order valence-electron chi connectivity index (χ2n) is 4.80. The molecule has 0 saturated carbocycles. The first-order chi connectivity index (χ1) is 11.1. The maximum absolute atomic E-state index is 5.84. The molecule has 0 aliphatic carbocycles. The molecule has 7 heteroatoms. The molecule has 0 fully saturated rings. The minimum absolute atomic E-state index is 0.602. The molecule has 0 aliphatic heterocycles. The van der Waals surface area contributed by atoms with Crippen LogP contribution in [0.25, 0.3) is 0 Å². The van der Waals surface area contributed by atoms with E-state index in [-0.39, 0.29) is 0 Å². The van der Waals surface area contributed by atoms with Crippen molar-refractivity contribution in [2.24, 2.45) is 0 Å². The van der Waals surface area contributed by atoms with E-state index in [0.29, 0.717) is 38.0 Å². The topological polar surface area (TPSA) is 43.0 Å². The lowest BCUT2D eigenvalue weighted by molar-refractivity contribution is 0.0709. The van der Waals surface area contributed by atoms with Gasteiger partial charge in [0.25, 0.3) is 0 Å². The van der Waals surface area contributed by atoms with E-state index in [1.807, 2.05) is 37.8 Å². The molecule has 0 aliphatic rings. The molecule has 0 unspecified atom stereocenters. The van der Waals surface area contributed by atoms with Crippen LogP contribution in [0.15, 0.2) is 25.3 Å². The summed E-state index contributed by atoms with van der Waals surface area (Å²) in [4.78, 5) is 2.01. The highest BCUT2D eigenvalue weighted by Gasteiger charge is 2.39. The molecule has 0 aromatic carbocycles. The van der Waals surface area contributed by atoms with E-state index < -0.39 is 8.80 Å². The largest absolute Gasteiger partial charge is 0.500 e. The highest BCUT2D eigenvalue weighted by Crippen LogP contribution is 2.17. The minimum Gasteiger partial charge on any atom is -0.374 e. The van der Waals surface area contributed by atoms with Crippen LogP contribution in [0.4, 0.5) is 0 Å². The van der Waals surface area contributed by atoms with Crippen molar-refractivity contribution < 1.29 is 13.3 Å². The van der Waals surface area contributed by atoms with Gasteiger partial charge in [-0.25, -0.2) is 0 Å². The first kappa shape index (κ1) is 22.3. The van der Waals surface area contributed by atoms with Gasteiger partial charge in [-0.15, -0.1) is 13.2 Å². The molecule has 0 amide bonds. The fourth-order valence-electron chi connectivity index (χ4n) is 2.17. The smallest absolute Gasteiger partial charge is 0.374 e. The number of thiocarbonyl (C=S) groups is 1. The van der Waals surface area contributed by atoms with Crippen molar-refractivity contribution in [1.82, 2.24) is 10.2 Å². The molecule has 1 N–H and O–H groups in total. The van der Waals surface area contributed by atoms with E-state index in [2.05, 4.69) is 18.5 Å². The molecule has 0 aromatic heterocycles. The summed E-state index contributed by atoms with van der Waals surface area (Å²) in [5.74, 6) is 0. The van der Waals surface area contributed by atoms with Gasteiger partial charge in [0.2, 0.25) is 0 Å². The third kappa shape index (κ3) is 9.22. The summed E-state index contributed by atoms with van der Waals surface area (Å²) in [6.45, 7) is 17.4. The van der Waals surface area contributed by atoms with Crippen LogP contribution in [0.3, 0.4) is 0 Å². The van der Waals surface area contributed by atoms with Crippen molar-refractivity contribution in [3.8, 4) is 0 Å². The minimum atomic E-state index is -2.55. The van der Waals surface area contributed by atoms with Crippen LogP contribution in [-0.2, 0) is 13.3 Å². The Labute approximate surface area is 148 Å². The van der Waals surface area contributed by atoms with E-state index in [1.54, 1.807) is 0 Å². The average molecular weight is 361 g/mol. The molecule has 0 aromatic rings. The number of hydrogen-bond donors (Lipinski definition) is 1. The van der Waals surface area contributed by atoms with Crippen LogP contribution >= 0.6 is 12.2 Å². The van der Waals surface area contributed by atoms with Gasteiger partial charge in [0.15, 0.2) is 5.11 Å². The van der Waals surface area contributed by atoms with E-state index >= 15 is 0 Å². The number of hydrogen-bond acceptors (Lipinski definition) is 4. The van der Waals surface area contributed by atoms with Gasteiger partial charge >= 0.3 is 8.80 Å². The number of nitrogens with one attached hydrogen (secondary N) is 1. The molecule has 134 valence electrons. The normalized spacial score (nSPS) is 11.1. The van der Waals surface area contributed by atoms with Crippen LogP contribution < -0.4 is 5.32 Å². The summed E-state index contributed by atoms with van der Waals surface area (Å²) < 4.78 is 17.5. The Kier molecular flexibility index (Phi) is 13.2. The molecule has 5 nitrogen and oxygen atoms in total. The van der Waals surface area contributed by atoms with Crippen molar-refractivity contribution >= 4 is 26.1 Å². The molecular formula is C16H32N2O3SSi. The van der Waals surface area contributed by atoms with Gasteiger partial charge in [-0.05, 0) is 39.4 Å². The lowest BCUT2D eigenvalue weighted by Gasteiger charge is -2.29. The first-order valence-corrected chi connectivity index (χ1v) is 10.6. The summed E-state index contributed by atoms with van der Waals surface area (Å²) in [5.41, 5.74) is 0. The van der Waals surface area contributed by atoms with Crippen LogP contribution in [0.5, 0.6) is 0 Å². The average Bonchev–Trinajstić information content (AvgIpc) is 2.52. The SMILES string of the molecule is C=CCN(CC=C)C(=S)NCCC[Si](OCC)(OCC)OCC. The van der Waals surface area contributed by atoms with E-state index in [0.717, 1.165) is 19.0 Å². The van der Waals surface area contributed by atoms with Gasteiger partial charge < -0.3 is 23.5 Å². The summed E-state index contributed by atoms with van der Waals surface area (Å²) >= 11 is 5.40. The fraction of sp³-hybridized carbons (Fsp3) is 0.688. The van der Waals surface area contributed by atoms with Gasteiger partial charge in [0.05, 0.1) is 0 Å². The van der Waals surface area contributed by atoms with Gasteiger partial charge in [-0.1, -0.05) is 12.2 Å². The predicted octanol–water partition coefficient (Wildman–Crippen LogP) is 2.97. The molecule has 0 atom stereocenters. The monoisotopic (exact) mass is 360 g/mol. The van der Waals surface area contributed by atoms with Crippen LogP contribution in [0, 0.1) is 0 Å². The zero-order chi connectivity index (χ0) is 17.6. The van der Waals surface area contributed by atoms with Crippen molar-refractivity contribution in [1.29, 1.82) is 0 Å². The molecule has 0 spiro atoms. The Morgan fingerprint density at radius 3 is 1.91 bits per heavy atom. The predicted molar refractivity (Wildman–Crippen MR) is 103 cm³/mol. The molecule has 0 heterocycles. The summed E-state index contributed by atoms with van der Waals surface area (Å²) in [7, 11) is -2.55. The van der Waals surface area contributed by atoms with Gasteiger partial charge in [0, 0.05) is 45.5 Å². The Balaban J connectivity index is 4.38. The molecular weight excluding hydrogens is 328 g/mol.